The van der Waals surface area contributed by atoms with E-state index in [-0.39, 0.29) is 23.4 Å². The van der Waals surface area contributed by atoms with Crippen LogP contribution in [0.3, 0.4) is 0 Å². The Kier molecular flexibility index (Phi) is 7.10. The molecular formula is C25H21F2N3O4S. The fourth-order valence-corrected chi connectivity index (χ4v) is 5.08. The second kappa shape index (κ2) is 10.2. The summed E-state index contributed by atoms with van der Waals surface area (Å²) in [5.74, 6) is -3.14. The molecule has 1 amide bonds. The SMILES string of the molecule is [C-]#[N+]c1ccc(-c2cc(C(=O)N3CCC[C@@H](N)C3)sc2-c2ccc(OCC(=O)O)c(F)c2)cc1F. The molecular weight excluding hydrogens is 476 g/mol. The summed E-state index contributed by atoms with van der Waals surface area (Å²) >= 11 is 1.14. The van der Waals surface area contributed by atoms with Gasteiger partial charge >= 0.3 is 5.97 Å². The van der Waals surface area contributed by atoms with E-state index in [1.54, 1.807) is 23.1 Å². The monoisotopic (exact) mass is 497 g/mol. The first-order valence-electron chi connectivity index (χ1n) is 10.8. The van der Waals surface area contributed by atoms with Gasteiger partial charge in [-0.05, 0) is 54.3 Å². The number of nitrogens with zero attached hydrogens (tertiary/aromatic N) is 2. The second-order valence-electron chi connectivity index (χ2n) is 8.11. The Labute approximate surface area is 204 Å². The molecule has 0 aliphatic carbocycles. The average molecular weight is 498 g/mol. The first-order valence-corrected chi connectivity index (χ1v) is 11.6. The van der Waals surface area contributed by atoms with Crippen LogP contribution < -0.4 is 10.5 Å². The summed E-state index contributed by atoms with van der Waals surface area (Å²) in [5.41, 5.74) is 7.25. The molecule has 3 N–H and O–H groups in total. The Balaban J connectivity index is 1.77. The van der Waals surface area contributed by atoms with Gasteiger partial charge in [0.1, 0.15) is 5.82 Å². The molecule has 7 nitrogen and oxygen atoms in total. The lowest BCUT2D eigenvalue weighted by Crippen LogP contribution is -2.45. The van der Waals surface area contributed by atoms with Crippen molar-refractivity contribution in [3.63, 3.8) is 0 Å². The molecule has 180 valence electrons. The first-order chi connectivity index (χ1) is 16.8. The third-order valence-corrected chi connectivity index (χ3v) is 6.78. The van der Waals surface area contributed by atoms with Crippen LogP contribution in [0.25, 0.3) is 26.4 Å². The molecule has 0 radical (unpaired) electrons. The number of rotatable bonds is 6. The maximum atomic E-state index is 14.7. The molecule has 1 atom stereocenters. The highest BCUT2D eigenvalue weighted by molar-refractivity contribution is 7.18. The zero-order valence-electron chi connectivity index (χ0n) is 18.5. The number of ether oxygens (including phenoxy) is 1. The van der Waals surface area contributed by atoms with Crippen molar-refractivity contribution in [2.75, 3.05) is 19.7 Å². The van der Waals surface area contributed by atoms with E-state index < -0.39 is 24.2 Å². The largest absolute Gasteiger partial charge is 0.479 e. The van der Waals surface area contributed by atoms with Crippen molar-refractivity contribution in [2.45, 2.75) is 18.9 Å². The Hall–Kier alpha value is -3.81. The number of aliphatic carboxylic acids is 1. The molecule has 0 spiro atoms. The predicted octanol–water partition coefficient (Wildman–Crippen LogP) is 4.94. The van der Waals surface area contributed by atoms with Gasteiger partial charge in [0.05, 0.1) is 11.4 Å². The highest BCUT2D eigenvalue weighted by Gasteiger charge is 2.26. The van der Waals surface area contributed by atoms with Crippen molar-refractivity contribution in [3.8, 4) is 27.3 Å². The third-order valence-electron chi connectivity index (χ3n) is 5.61. The van der Waals surface area contributed by atoms with Crippen LogP contribution in [-0.4, -0.2) is 47.6 Å². The highest BCUT2D eigenvalue weighted by Crippen LogP contribution is 2.42. The maximum Gasteiger partial charge on any atom is 0.341 e. The number of halogens is 2. The molecule has 1 saturated heterocycles. The average Bonchev–Trinajstić information content (AvgIpc) is 3.28. The van der Waals surface area contributed by atoms with E-state index in [0.29, 0.717) is 39.5 Å². The van der Waals surface area contributed by atoms with Crippen LogP contribution in [0.15, 0.2) is 42.5 Å². The van der Waals surface area contributed by atoms with Crippen molar-refractivity contribution in [1.29, 1.82) is 0 Å². The van der Waals surface area contributed by atoms with Crippen molar-refractivity contribution in [2.24, 2.45) is 5.73 Å². The lowest BCUT2D eigenvalue weighted by atomic mass is 10.0. The van der Waals surface area contributed by atoms with Gasteiger partial charge in [-0.2, -0.15) is 0 Å². The quantitative estimate of drug-likeness (QED) is 0.471. The Bertz CT molecular complexity index is 1330. The Morgan fingerprint density at radius 3 is 2.57 bits per heavy atom. The van der Waals surface area contributed by atoms with Gasteiger partial charge in [0.15, 0.2) is 18.2 Å². The summed E-state index contributed by atoms with van der Waals surface area (Å²) in [6.45, 7) is 7.38. The van der Waals surface area contributed by atoms with Crippen molar-refractivity contribution in [1.82, 2.24) is 4.90 Å². The maximum absolute atomic E-state index is 14.7. The number of piperidine rings is 1. The Morgan fingerprint density at radius 2 is 1.91 bits per heavy atom. The molecule has 1 aromatic heterocycles. The number of amides is 1. The fourth-order valence-electron chi connectivity index (χ4n) is 3.94. The van der Waals surface area contributed by atoms with Crippen molar-refractivity contribution < 1.29 is 28.2 Å². The van der Waals surface area contributed by atoms with Gasteiger partial charge in [-0.3, -0.25) is 4.79 Å². The van der Waals surface area contributed by atoms with Crippen LogP contribution in [-0.2, 0) is 4.79 Å². The number of carbonyl (C=O) groups is 2. The molecule has 2 aromatic carbocycles. The number of hydrogen-bond acceptors (Lipinski definition) is 5. The lowest BCUT2D eigenvalue weighted by molar-refractivity contribution is -0.139. The zero-order chi connectivity index (χ0) is 25.1. The number of carboxylic acids is 1. The van der Waals surface area contributed by atoms with Gasteiger partial charge in [-0.15, -0.1) is 11.3 Å². The minimum atomic E-state index is -1.24. The van der Waals surface area contributed by atoms with Crippen LogP contribution >= 0.6 is 11.3 Å². The van der Waals surface area contributed by atoms with Gasteiger partial charge in [-0.1, -0.05) is 12.1 Å². The number of likely N-dealkylation sites (tertiary alicyclic amines) is 1. The normalized spacial score (nSPS) is 15.5. The number of carboxylic acid groups (broad SMARTS) is 1. The van der Waals surface area contributed by atoms with Crippen LogP contribution in [0.4, 0.5) is 14.5 Å². The molecule has 2 heterocycles. The summed E-state index contributed by atoms with van der Waals surface area (Å²) in [6.07, 6.45) is 1.64. The second-order valence-corrected chi connectivity index (χ2v) is 9.16. The summed E-state index contributed by atoms with van der Waals surface area (Å²) in [5, 5.41) is 8.76. The van der Waals surface area contributed by atoms with E-state index in [1.165, 1.54) is 24.3 Å². The lowest BCUT2D eigenvalue weighted by Gasteiger charge is -2.30. The highest BCUT2D eigenvalue weighted by atomic mass is 32.1. The molecule has 4 rings (SSSR count). The molecule has 10 heteroatoms. The van der Waals surface area contributed by atoms with Crippen molar-refractivity contribution >= 4 is 28.9 Å². The van der Waals surface area contributed by atoms with Crippen LogP contribution in [0, 0.1) is 18.2 Å². The van der Waals surface area contributed by atoms with E-state index in [1.807, 2.05) is 0 Å². The van der Waals surface area contributed by atoms with E-state index in [4.69, 9.17) is 22.1 Å². The van der Waals surface area contributed by atoms with Crippen LogP contribution in [0.5, 0.6) is 5.75 Å². The van der Waals surface area contributed by atoms with Gasteiger partial charge in [0, 0.05) is 29.6 Å². The molecule has 3 aromatic rings. The molecule has 0 bridgehead atoms. The predicted molar refractivity (Wildman–Crippen MR) is 128 cm³/mol. The molecule has 1 fully saturated rings. The number of hydrogen-bond donors (Lipinski definition) is 2. The van der Waals surface area contributed by atoms with Gasteiger partial charge in [-0.25, -0.2) is 18.4 Å². The number of nitrogens with two attached hydrogens (primary N) is 1. The smallest absolute Gasteiger partial charge is 0.341 e. The summed E-state index contributed by atoms with van der Waals surface area (Å²) in [4.78, 5) is 29.7. The summed E-state index contributed by atoms with van der Waals surface area (Å²) in [6, 6.07) is 9.72. The summed E-state index contributed by atoms with van der Waals surface area (Å²) in [7, 11) is 0. The van der Waals surface area contributed by atoms with E-state index >= 15 is 0 Å². The van der Waals surface area contributed by atoms with Gasteiger partial charge < -0.3 is 20.5 Å². The summed E-state index contributed by atoms with van der Waals surface area (Å²) < 4.78 is 34.1. The van der Waals surface area contributed by atoms with Gasteiger partial charge in [0.25, 0.3) is 5.91 Å². The molecule has 1 aliphatic heterocycles. The van der Waals surface area contributed by atoms with Gasteiger partial charge in [0.2, 0.25) is 5.69 Å². The van der Waals surface area contributed by atoms with E-state index in [9.17, 15) is 18.4 Å². The minimum absolute atomic E-state index is 0.102. The Morgan fingerprint density at radius 1 is 1.17 bits per heavy atom. The first kappa shape index (κ1) is 24.3. The number of carbonyl (C=O) groups excluding carboxylic acids is 1. The van der Waals surface area contributed by atoms with Crippen LogP contribution in [0.2, 0.25) is 0 Å². The molecule has 0 unspecified atom stereocenters. The topological polar surface area (TPSA) is 97.2 Å². The minimum Gasteiger partial charge on any atom is -0.479 e. The molecule has 35 heavy (non-hydrogen) atoms. The fraction of sp³-hybridized carbons (Fsp3) is 0.240. The third kappa shape index (κ3) is 5.31. The standard InChI is InChI=1S/C25H21F2N3O4S/c1-29-20-6-4-14(9-18(20)26)17-11-22(25(33)30-8-2-3-16(28)12-30)35-24(17)15-5-7-21(19(27)10-15)34-13-23(31)32/h4-7,9-11,16H,2-3,8,12-13,28H2,(H,31,32)/t16-/m1/s1. The van der Waals surface area contributed by atoms with E-state index in [0.717, 1.165) is 24.2 Å². The molecule has 0 saturated carbocycles. The molecule has 1 aliphatic rings. The zero-order valence-corrected chi connectivity index (χ0v) is 19.3. The number of thiophene rings is 1. The van der Waals surface area contributed by atoms with Crippen LogP contribution in [0.1, 0.15) is 22.5 Å². The van der Waals surface area contributed by atoms with Crippen molar-refractivity contribution in [3.05, 3.63) is 70.4 Å². The number of benzene rings is 2. The van der Waals surface area contributed by atoms with E-state index in [2.05, 4.69) is 4.85 Å².